The summed E-state index contributed by atoms with van der Waals surface area (Å²) in [5.41, 5.74) is 4.27. The Balaban J connectivity index is 1.72. The van der Waals surface area contributed by atoms with Crippen molar-refractivity contribution in [2.75, 3.05) is 0 Å². The third-order valence-electron chi connectivity index (χ3n) is 3.80. The molecule has 1 fully saturated rings. The van der Waals surface area contributed by atoms with Crippen molar-refractivity contribution in [3.8, 4) is 11.6 Å². The van der Waals surface area contributed by atoms with E-state index < -0.39 is 0 Å². The lowest BCUT2D eigenvalue weighted by molar-refractivity contribution is -0.132. The van der Waals surface area contributed by atoms with Crippen LogP contribution in [0.4, 0.5) is 0 Å². The molecule has 0 bridgehead atoms. The molecule has 0 aliphatic heterocycles. The Morgan fingerprint density at radius 1 is 1.38 bits per heavy atom. The summed E-state index contributed by atoms with van der Waals surface area (Å²) in [5.74, 6) is 0.944. The van der Waals surface area contributed by atoms with Gasteiger partial charge < -0.3 is 4.84 Å². The van der Waals surface area contributed by atoms with Gasteiger partial charge in [-0.05, 0) is 37.8 Å². The molecule has 1 aliphatic rings. The first-order valence-electron chi connectivity index (χ1n) is 7.24. The summed E-state index contributed by atoms with van der Waals surface area (Å²) >= 11 is 0. The van der Waals surface area contributed by atoms with E-state index in [1.54, 1.807) is 10.7 Å². The van der Waals surface area contributed by atoms with E-state index >= 15 is 0 Å². The Morgan fingerprint density at radius 3 is 2.76 bits per heavy atom. The van der Waals surface area contributed by atoms with Crippen LogP contribution in [0.1, 0.15) is 25.5 Å². The molecule has 1 unspecified atom stereocenters. The maximum atomic E-state index is 12.0. The van der Waals surface area contributed by atoms with Gasteiger partial charge in [0.2, 0.25) is 5.88 Å². The minimum absolute atomic E-state index is 0.000747. The Morgan fingerprint density at radius 2 is 2.10 bits per heavy atom. The summed E-state index contributed by atoms with van der Waals surface area (Å²) in [6, 6.07) is 11.5. The lowest BCUT2D eigenvalue weighted by atomic mass is 10.1. The fourth-order valence-corrected chi connectivity index (χ4v) is 2.31. The standard InChI is InChI=1S/C16H19N3O2/c1-11-10-15(19(17-11)14-6-4-3-5-7-14)21-18-16(20)12(2)13-8-9-13/h3-7,10,12-13H,8-9H2,1-2H3,(H,18,20). The highest BCUT2D eigenvalue weighted by atomic mass is 16.7. The van der Waals surface area contributed by atoms with Crippen LogP contribution in [0, 0.1) is 18.8 Å². The number of nitrogens with zero attached hydrogens (tertiary/aromatic N) is 2. The fourth-order valence-electron chi connectivity index (χ4n) is 2.31. The quantitative estimate of drug-likeness (QED) is 0.859. The fraction of sp³-hybridized carbons (Fsp3) is 0.375. The summed E-state index contributed by atoms with van der Waals surface area (Å²) in [4.78, 5) is 17.5. The van der Waals surface area contributed by atoms with Gasteiger partial charge in [0, 0.05) is 12.0 Å². The summed E-state index contributed by atoms with van der Waals surface area (Å²) in [6.45, 7) is 3.83. The second-order valence-corrected chi connectivity index (χ2v) is 5.57. The van der Waals surface area contributed by atoms with Gasteiger partial charge in [-0.15, -0.1) is 0 Å². The largest absolute Gasteiger partial charge is 0.359 e. The van der Waals surface area contributed by atoms with Gasteiger partial charge in [-0.1, -0.05) is 25.1 Å². The monoisotopic (exact) mass is 285 g/mol. The van der Waals surface area contributed by atoms with Gasteiger partial charge in [0.1, 0.15) is 0 Å². The maximum Gasteiger partial charge on any atom is 0.255 e. The van der Waals surface area contributed by atoms with Crippen LogP contribution < -0.4 is 10.3 Å². The number of aryl methyl sites for hydroxylation is 1. The van der Waals surface area contributed by atoms with Crippen molar-refractivity contribution in [2.45, 2.75) is 26.7 Å². The molecular weight excluding hydrogens is 266 g/mol. The zero-order chi connectivity index (χ0) is 14.8. The predicted octanol–water partition coefficient (Wildman–Crippen LogP) is 2.64. The first-order chi connectivity index (χ1) is 10.1. The van der Waals surface area contributed by atoms with E-state index in [0.717, 1.165) is 24.2 Å². The number of benzene rings is 1. The van der Waals surface area contributed by atoms with Gasteiger partial charge in [0.25, 0.3) is 5.91 Å². The number of hydrogen-bond donors (Lipinski definition) is 1. The number of nitrogens with one attached hydrogen (secondary N) is 1. The number of carbonyl (C=O) groups excluding carboxylic acids is 1. The van der Waals surface area contributed by atoms with Crippen molar-refractivity contribution in [3.63, 3.8) is 0 Å². The Labute approximate surface area is 123 Å². The molecule has 5 nitrogen and oxygen atoms in total. The van der Waals surface area contributed by atoms with E-state index in [9.17, 15) is 4.79 Å². The summed E-state index contributed by atoms with van der Waals surface area (Å²) in [7, 11) is 0. The van der Waals surface area contributed by atoms with Crippen LogP contribution in [0.3, 0.4) is 0 Å². The second kappa shape index (κ2) is 5.60. The van der Waals surface area contributed by atoms with Crippen molar-refractivity contribution in [1.82, 2.24) is 15.3 Å². The molecule has 21 heavy (non-hydrogen) atoms. The first-order valence-corrected chi connectivity index (χ1v) is 7.24. The molecule has 1 aromatic heterocycles. The smallest absolute Gasteiger partial charge is 0.255 e. The number of para-hydroxylation sites is 1. The van der Waals surface area contributed by atoms with Gasteiger partial charge in [0.05, 0.1) is 11.4 Å². The molecule has 2 aromatic rings. The third-order valence-corrected chi connectivity index (χ3v) is 3.80. The number of hydroxylamine groups is 1. The molecule has 1 atom stereocenters. The maximum absolute atomic E-state index is 12.0. The molecule has 110 valence electrons. The lowest BCUT2D eigenvalue weighted by Crippen LogP contribution is -2.33. The number of aromatic nitrogens is 2. The van der Waals surface area contributed by atoms with Gasteiger partial charge in [0.15, 0.2) is 0 Å². The van der Waals surface area contributed by atoms with Gasteiger partial charge in [-0.25, -0.2) is 0 Å². The van der Waals surface area contributed by atoms with Crippen LogP contribution in [-0.2, 0) is 4.79 Å². The Kier molecular flexibility index (Phi) is 3.64. The molecule has 1 amide bonds. The van der Waals surface area contributed by atoms with E-state index in [-0.39, 0.29) is 11.8 Å². The molecule has 1 aliphatic carbocycles. The molecule has 1 heterocycles. The van der Waals surface area contributed by atoms with E-state index in [1.165, 1.54) is 0 Å². The topological polar surface area (TPSA) is 56.1 Å². The molecule has 0 spiro atoms. The normalized spacial score (nSPS) is 15.5. The van der Waals surface area contributed by atoms with Crippen LogP contribution in [0.2, 0.25) is 0 Å². The molecule has 0 radical (unpaired) electrons. The molecule has 1 N–H and O–H groups in total. The van der Waals surface area contributed by atoms with Gasteiger partial charge in [-0.2, -0.15) is 15.3 Å². The van der Waals surface area contributed by atoms with Crippen LogP contribution >= 0.6 is 0 Å². The second-order valence-electron chi connectivity index (χ2n) is 5.57. The summed E-state index contributed by atoms with van der Waals surface area (Å²) < 4.78 is 1.68. The van der Waals surface area contributed by atoms with Crippen molar-refractivity contribution in [1.29, 1.82) is 0 Å². The minimum atomic E-state index is -0.0732. The van der Waals surface area contributed by atoms with Crippen LogP contribution in [0.5, 0.6) is 5.88 Å². The predicted molar refractivity (Wildman–Crippen MR) is 79.0 cm³/mol. The number of amides is 1. The molecule has 3 rings (SSSR count). The number of carbonyl (C=O) groups is 1. The highest BCUT2D eigenvalue weighted by Gasteiger charge is 2.33. The highest BCUT2D eigenvalue weighted by molar-refractivity contribution is 5.78. The van der Waals surface area contributed by atoms with E-state index in [2.05, 4.69) is 10.6 Å². The van der Waals surface area contributed by atoms with Crippen LogP contribution in [-0.4, -0.2) is 15.7 Å². The highest BCUT2D eigenvalue weighted by Crippen LogP contribution is 2.36. The SMILES string of the molecule is Cc1cc(ONC(=O)C(C)C2CC2)n(-c2ccccc2)n1. The van der Waals surface area contributed by atoms with Crippen molar-refractivity contribution >= 4 is 5.91 Å². The van der Waals surface area contributed by atoms with Gasteiger partial charge >= 0.3 is 0 Å². The van der Waals surface area contributed by atoms with Gasteiger partial charge in [-0.3, -0.25) is 4.79 Å². The average Bonchev–Trinajstić information content (AvgIpc) is 3.28. The van der Waals surface area contributed by atoms with Crippen molar-refractivity contribution < 1.29 is 9.63 Å². The van der Waals surface area contributed by atoms with E-state index in [4.69, 9.17) is 4.84 Å². The molecule has 0 saturated heterocycles. The Bertz CT molecular complexity index is 632. The molecule has 1 saturated carbocycles. The lowest BCUT2D eigenvalue weighted by Gasteiger charge is -2.12. The Hall–Kier alpha value is -2.30. The summed E-state index contributed by atoms with van der Waals surface area (Å²) in [5, 5.41) is 4.39. The first kappa shape index (κ1) is 13.7. The average molecular weight is 285 g/mol. The summed E-state index contributed by atoms with van der Waals surface area (Å²) in [6.07, 6.45) is 2.27. The number of hydrogen-bond acceptors (Lipinski definition) is 3. The van der Waals surface area contributed by atoms with E-state index in [1.807, 2.05) is 44.2 Å². The number of rotatable bonds is 5. The van der Waals surface area contributed by atoms with Crippen molar-refractivity contribution in [3.05, 3.63) is 42.1 Å². The molecule has 1 aromatic carbocycles. The zero-order valence-corrected chi connectivity index (χ0v) is 12.2. The van der Waals surface area contributed by atoms with Crippen LogP contribution in [0.25, 0.3) is 5.69 Å². The van der Waals surface area contributed by atoms with E-state index in [0.29, 0.717) is 11.8 Å². The third kappa shape index (κ3) is 3.07. The molecular formula is C16H19N3O2. The van der Waals surface area contributed by atoms with Crippen LogP contribution in [0.15, 0.2) is 36.4 Å². The van der Waals surface area contributed by atoms with Crippen molar-refractivity contribution in [2.24, 2.45) is 11.8 Å². The minimum Gasteiger partial charge on any atom is -0.359 e. The molecule has 5 heteroatoms. The zero-order valence-electron chi connectivity index (χ0n) is 12.2.